The van der Waals surface area contributed by atoms with Gasteiger partial charge >= 0.3 is 0 Å². The lowest BCUT2D eigenvalue weighted by Crippen LogP contribution is -2.40. The van der Waals surface area contributed by atoms with Crippen LogP contribution in [-0.4, -0.2) is 38.4 Å². The first-order valence-electron chi connectivity index (χ1n) is 9.76. The van der Waals surface area contributed by atoms with Gasteiger partial charge in [0.25, 0.3) is 5.69 Å². The van der Waals surface area contributed by atoms with Gasteiger partial charge in [0, 0.05) is 18.2 Å². The van der Waals surface area contributed by atoms with Gasteiger partial charge < -0.3 is 4.90 Å². The van der Waals surface area contributed by atoms with E-state index in [2.05, 4.69) is 35.9 Å². The average molecular weight is 418 g/mol. The maximum Gasteiger partial charge on any atom is 0.289 e. The lowest BCUT2D eigenvalue weighted by atomic mass is 9.79. The first-order chi connectivity index (χ1) is 13.8. The number of para-hydroxylation sites is 1. The second-order valence-corrected chi connectivity index (χ2v) is 9.46. The molecule has 0 radical (unpaired) electrons. The Morgan fingerprint density at radius 1 is 1.00 bits per heavy atom. The van der Waals surface area contributed by atoms with E-state index in [0.717, 1.165) is 12.8 Å². The maximum atomic E-state index is 12.7. The third kappa shape index (κ3) is 5.01. The quantitative estimate of drug-likeness (QED) is 0.547. The van der Waals surface area contributed by atoms with Crippen molar-refractivity contribution in [2.24, 2.45) is 5.92 Å². The Hall–Kier alpha value is -2.29. The van der Waals surface area contributed by atoms with Gasteiger partial charge in [-0.1, -0.05) is 42.5 Å². The lowest BCUT2D eigenvalue weighted by molar-refractivity contribution is -0.387. The predicted molar refractivity (Wildman–Crippen MR) is 112 cm³/mol. The Kier molecular flexibility index (Phi) is 6.66. The highest BCUT2D eigenvalue weighted by Gasteiger charge is 2.33. The summed E-state index contributed by atoms with van der Waals surface area (Å²) >= 11 is 0. The highest BCUT2D eigenvalue weighted by molar-refractivity contribution is 7.89. The van der Waals surface area contributed by atoms with Gasteiger partial charge in [-0.25, -0.2) is 13.1 Å². The largest absolute Gasteiger partial charge is 0.302 e. The number of nitro benzene ring substituents is 1. The summed E-state index contributed by atoms with van der Waals surface area (Å²) in [4.78, 5) is 12.5. The van der Waals surface area contributed by atoms with Crippen LogP contribution in [0.15, 0.2) is 59.5 Å². The molecule has 1 aliphatic carbocycles. The van der Waals surface area contributed by atoms with Crippen LogP contribution in [0.3, 0.4) is 0 Å². The molecule has 1 aliphatic rings. The number of sulfonamides is 1. The fourth-order valence-corrected chi connectivity index (χ4v) is 5.79. The van der Waals surface area contributed by atoms with E-state index in [4.69, 9.17) is 0 Å². The van der Waals surface area contributed by atoms with Gasteiger partial charge in [-0.05, 0) is 57.3 Å². The van der Waals surface area contributed by atoms with E-state index in [0.29, 0.717) is 18.8 Å². The van der Waals surface area contributed by atoms with E-state index in [1.54, 1.807) is 0 Å². The van der Waals surface area contributed by atoms with Gasteiger partial charge in [-0.2, -0.15) is 0 Å². The van der Waals surface area contributed by atoms with E-state index in [1.165, 1.54) is 29.8 Å². The molecule has 0 aromatic heterocycles. The minimum absolute atomic E-state index is 0.213. The standard InChI is InChI=1S/C21H27N3O4S/c1-23(2)21(16-8-4-3-5-9-16)17-12-14-18(15-13-17)22-29(27,28)20-11-7-6-10-19(20)24(25)26/h3-11,17-18,21-22H,12-15H2,1-2H3. The summed E-state index contributed by atoms with van der Waals surface area (Å²) in [6.45, 7) is 0. The van der Waals surface area contributed by atoms with Crippen molar-refractivity contribution in [1.29, 1.82) is 0 Å². The first kappa shape index (κ1) is 21.4. The Balaban J connectivity index is 1.69. The topological polar surface area (TPSA) is 92.6 Å². The molecule has 7 nitrogen and oxygen atoms in total. The van der Waals surface area contributed by atoms with Crippen LogP contribution in [0.4, 0.5) is 5.69 Å². The monoisotopic (exact) mass is 417 g/mol. The van der Waals surface area contributed by atoms with Crippen molar-refractivity contribution in [2.75, 3.05) is 14.1 Å². The summed E-state index contributed by atoms with van der Waals surface area (Å²) < 4.78 is 28.2. The van der Waals surface area contributed by atoms with Crippen molar-refractivity contribution in [3.8, 4) is 0 Å². The van der Waals surface area contributed by atoms with Crippen LogP contribution in [0.25, 0.3) is 0 Å². The molecule has 156 valence electrons. The van der Waals surface area contributed by atoms with E-state index in [9.17, 15) is 18.5 Å². The molecule has 1 N–H and O–H groups in total. The molecule has 0 amide bonds. The zero-order chi connectivity index (χ0) is 21.0. The first-order valence-corrected chi connectivity index (χ1v) is 11.2. The average Bonchev–Trinajstić information content (AvgIpc) is 2.70. The van der Waals surface area contributed by atoms with Crippen LogP contribution in [0.1, 0.15) is 37.3 Å². The van der Waals surface area contributed by atoms with Gasteiger partial charge in [0.1, 0.15) is 0 Å². The molecule has 1 unspecified atom stereocenters. The van der Waals surface area contributed by atoms with Gasteiger partial charge in [-0.3, -0.25) is 10.1 Å². The number of hydrogen-bond donors (Lipinski definition) is 1. The van der Waals surface area contributed by atoms with Gasteiger partial charge in [0.05, 0.1) is 4.92 Å². The summed E-state index contributed by atoms with van der Waals surface area (Å²) in [5.41, 5.74) is 0.867. The number of nitro groups is 1. The highest BCUT2D eigenvalue weighted by atomic mass is 32.2. The summed E-state index contributed by atoms with van der Waals surface area (Å²) in [6.07, 6.45) is 3.20. The summed E-state index contributed by atoms with van der Waals surface area (Å²) in [5.74, 6) is 0.430. The molecule has 0 saturated heterocycles. The molecule has 3 rings (SSSR count). The third-order valence-corrected chi connectivity index (χ3v) is 7.16. The third-order valence-electron chi connectivity index (χ3n) is 5.59. The minimum atomic E-state index is -3.94. The Labute approximate surface area is 171 Å². The molecule has 0 aliphatic heterocycles. The smallest absolute Gasteiger partial charge is 0.289 e. The molecule has 29 heavy (non-hydrogen) atoms. The molecule has 1 atom stereocenters. The predicted octanol–water partition coefficient (Wildman–Crippen LogP) is 3.73. The SMILES string of the molecule is CN(C)C(c1ccccc1)C1CCC(NS(=O)(=O)c2ccccc2[N+](=O)[O-])CC1. The lowest BCUT2D eigenvalue weighted by Gasteiger charge is -2.37. The Morgan fingerprint density at radius 3 is 2.17 bits per heavy atom. The van der Waals surface area contributed by atoms with Crippen LogP contribution in [0.2, 0.25) is 0 Å². The minimum Gasteiger partial charge on any atom is -0.302 e. The fourth-order valence-electron chi connectivity index (χ4n) is 4.31. The second kappa shape index (κ2) is 9.02. The molecule has 1 saturated carbocycles. The molecule has 2 aromatic carbocycles. The van der Waals surface area contributed by atoms with Crippen molar-refractivity contribution < 1.29 is 13.3 Å². The second-order valence-electron chi connectivity index (χ2n) is 7.78. The van der Waals surface area contributed by atoms with Crippen LogP contribution in [0.5, 0.6) is 0 Å². The van der Waals surface area contributed by atoms with Crippen molar-refractivity contribution in [3.05, 3.63) is 70.3 Å². The van der Waals surface area contributed by atoms with E-state index >= 15 is 0 Å². The van der Waals surface area contributed by atoms with E-state index in [1.807, 2.05) is 18.2 Å². The van der Waals surface area contributed by atoms with Crippen LogP contribution >= 0.6 is 0 Å². The zero-order valence-corrected chi connectivity index (χ0v) is 17.5. The van der Waals surface area contributed by atoms with Gasteiger partial charge in [0.2, 0.25) is 10.0 Å². The van der Waals surface area contributed by atoms with Crippen LogP contribution < -0.4 is 4.72 Å². The van der Waals surface area contributed by atoms with Crippen LogP contribution in [-0.2, 0) is 10.0 Å². The molecule has 0 spiro atoms. The van der Waals surface area contributed by atoms with Crippen molar-refractivity contribution >= 4 is 15.7 Å². The zero-order valence-electron chi connectivity index (χ0n) is 16.7. The molecule has 1 fully saturated rings. The molecule has 2 aromatic rings. The molecule has 0 heterocycles. The van der Waals surface area contributed by atoms with Crippen molar-refractivity contribution in [2.45, 2.75) is 42.7 Å². The fraction of sp³-hybridized carbons (Fsp3) is 0.429. The Bertz CT molecular complexity index is 939. The van der Waals surface area contributed by atoms with Crippen molar-refractivity contribution in [1.82, 2.24) is 9.62 Å². The summed E-state index contributed by atoms with van der Waals surface area (Å²) in [5, 5.41) is 11.2. The van der Waals surface area contributed by atoms with E-state index < -0.39 is 20.6 Å². The number of nitrogens with zero attached hydrogens (tertiary/aromatic N) is 2. The van der Waals surface area contributed by atoms with E-state index in [-0.39, 0.29) is 17.0 Å². The number of benzene rings is 2. The number of rotatable bonds is 7. The maximum absolute atomic E-state index is 12.7. The number of hydrogen-bond acceptors (Lipinski definition) is 5. The molecule has 8 heteroatoms. The van der Waals surface area contributed by atoms with Gasteiger partial charge in [0.15, 0.2) is 4.90 Å². The molecular weight excluding hydrogens is 390 g/mol. The normalized spacial score (nSPS) is 21.1. The molecular formula is C21H27N3O4S. The number of nitrogens with one attached hydrogen (secondary N) is 1. The Morgan fingerprint density at radius 2 is 1.59 bits per heavy atom. The highest BCUT2D eigenvalue weighted by Crippen LogP contribution is 2.37. The summed E-state index contributed by atoms with van der Waals surface area (Å²) in [6, 6.07) is 15.9. The molecule has 0 bridgehead atoms. The summed E-state index contributed by atoms with van der Waals surface area (Å²) in [7, 11) is 0.197. The van der Waals surface area contributed by atoms with Crippen LogP contribution in [0, 0.1) is 16.0 Å². The van der Waals surface area contributed by atoms with Gasteiger partial charge in [-0.15, -0.1) is 0 Å². The van der Waals surface area contributed by atoms with Crippen molar-refractivity contribution in [3.63, 3.8) is 0 Å².